The van der Waals surface area contributed by atoms with E-state index >= 15 is 0 Å². The highest BCUT2D eigenvalue weighted by molar-refractivity contribution is 5.86. The summed E-state index contributed by atoms with van der Waals surface area (Å²) in [6, 6.07) is 20.1. The molecular formula is C22H23F3N2. The number of hydrogen-bond donors (Lipinski definition) is 2. The molecule has 5 heteroatoms. The van der Waals surface area contributed by atoms with E-state index in [1.165, 1.54) is 28.5 Å². The molecule has 1 atom stereocenters. The number of rotatable bonds is 7. The molecule has 3 aromatic carbocycles. The van der Waals surface area contributed by atoms with Gasteiger partial charge in [-0.25, -0.2) is 0 Å². The Labute approximate surface area is 157 Å². The van der Waals surface area contributed by atoms with Gasteiger partial charge in [-0.3, -0.25) is 0 Å². The standard InChI is InChI=1S/C22H23F3N2/c1-16(20-8-4-6-18-5-2-3-7-21(18)20)27-14-13-26-15-17-9-11-19(12-10-17)22(23,24)25/h2-12,16,26-27H,13-15H2,1H3/t16-/m1/s1. The van der Waals surface area contributed by atoms with Crippen molar-refractivity contribution in [3.05, 3.63) is 83.4 Å². The Morgan fingerprint density at radius 2 is 1.56 bits per heavy atom. The van der Waals surface area contributed by atoms with E-state index in [4.69, 9.17) is 0 Å². The summed E-state index contributed by atoms with van der Waals surface area (Å²) >= 11 is 0. The van der Waals surface area contributed by atoms with Crippen LogP contribution in [0, 0.1) is 0 Å². The van der Waals surface area contributed by atoms with Gasteiger partial charge < -0.3 is 10.6 Å². The molecule has 0 aliphatic carbocycles. The average molecular weight is 372 g/mol. The first-order valence-electron chi connectivity index (χ1n) is 9.03. The number of benzene rings is 3. The molecule has 2 nitrogen and oxygen atoms in total. The Morgan fingerprint density at radius 3 is 2.30 bits per heavy atom. The predicted octanol–water partition coefficient (Wildman–Crippen LogP) is 5.30. The minimum absolute atomic E-state index is 0.212. The third-order valence-corrected chi connectivity index (χ3v) is 4.65. The maximum atomic E-state index is 12.6. The Morgan fingerprint density at radius 1 is 0.852 bits per heavy atom. The largest absolute Gasteiger partial charge is 0.416 e. The molecule has 27 heavy (non-hydrogen) atoms. The monoisotopic (exact) mass is 372 g/mol. The predicted molar refractivity (Wildman–Crippen MR) is 104 cm³/mol. The summed E-state index contributed by atoms with van der Waals surface area (Å²) in [6.45, 7) is 4.18. The summed E-state index contributed by atoms with van der Waals surface area (Å²) in [5.41, 5.74) is 1.48. The third-order valence-electron chi connectivity index (χ3n) is 4.65. The zero-order chi connectivity index (χ0) is 19.3. The van der Waals surface area contributed by atoms with Crippen molar-refractivity contribution >= 4 is 10.8 Å². The van der Waals surface area contributed by atoms with E-state index in [-0.39, 0.29) is 6.04 Å². The van der Waals surface area contributed by atoms with Gasteiger partial charge in [-0.1, -0.05) is 54.6 Å². The molecule has 0 saturated heterocycles. The first kappa shape index (κ1) is 19.4. The van der Waals surface area contributed by atoms with Gasteiger partial charge >= 0.3 is 6.18 Å². The summed E-state index contributed by atoms with van der Waals surface area (Å²) in [5, 5.41) is 9.23. The second-order valence-electron chi connectivity index (χ2n) is 6.62. The van der Waals surface area contributed by atoms with Gasteiger partial charge in [0.05, 0.1) is 5.56 Å². The van der Waals surface area contributed by atoms with Crippen molar-refractivity contribution in [1.29, 1.82) is 0 Å². The summed E-state index contributed by atoms with van der Waals surface area (Å²) in [6.07, 6.45) is -4.28. The summed E-state index contributed by atoms with van der Waals surface area (Å²) in [5.74, 6) is 0. The molecule has 0 bridgehead atoms. The molecule has 0 fully saturated rings. The molecule has 0 aromatic heterocycles. The van der Waals surface area contributed by atoms with Crippen LogP contribution in [0.5, 0.6) is 0 Å². The van der Waals surface area contributed by atoms with E-state index < -0.39 is 11.7 Å². The van der Waals surface area contributed by atoms with E-state index in [0.717, 1.165) is 30.8 Å². The van der Waals surface area contributed by atoms with Crippen molar-refractivity contribution in [2.45, 2.75) is 25.7 Å². The molecule has 3 aromatic rings. The van der Waals surface area contributed by atoms with E-state index in [1.807, 2.05) is 12.1 Å². The van der Waals surface area contributed by atoms with Crippen molar-refractivity contribution in [2.24, 2.45) is 0 Å². The minimum Gasteiger partial charge on any atom is -0.311 e. The molecule has 0 heterocycles. The fourth-order valence-corrected chi connectivity index (χ4v) is 3.16. The lowest BCUT2D eigenvalue weighted by Crippen LogP contribution is -2.29. The van der Waals surface area contributed by atoms with E-state index in [1.54, 1.807) is 0 Å². The van der Waals surface area contributed by atoms with Crippen LogP contribution in [-0.2, 0) is 12.7 Å². The normalized spacial score (nSPS) is 13.0. The molecular weight excluding hydrogens is 349 g/mol. The number of halogens is 3. The van der Waals surface area contributed by atoms with E-state index in [0.29, 0.717) is 6.54 Å². The van der Waals surface area contributed by atoms with Crippen LogP contribution >= 0.6 is 0 Å². The summed E-state index contributed by atoms with van der Waals surface area (Å²) in [4.78, 5) is 0. The summed E-state index contributed by atoms with van der Waals surface area (Å²) in [7, 11) is 0. The first-order valence-corrected chi connectivity index (χ1v) is 9.03. The molecule has 0 amide bonds. The van der Waals surface area contributed by atoms with Gasteiger partial charge in [0.1, 0.15) is 0 Å². The maximum absolute atomic E-state index is 12.6. The van der Waals surface area contributed by atoms with Crippen molar-refractivity contribution in [3.63, 3.8) is 0 Å². The number of alkyl halides is 3. The Kier molecular flexibility index (Phi) is 6.14. The molecule has 0 unspecified atom stereocenters. The first-order chi connectivity index (χ1) is 12.9. The number of nitrogens with one attached hydrogen (secondary N) is 2. The van der Waals surface area contributed by atoms with E-state index in [9.17, 15) is 13.2 Å². The highest BCUT2D eigenvalue weighted by Crippen LogP contribution is 2.29. The molecule has 2 N–H and O–H groups in total. The van der Waals surface area contributed by atoms with Crippen LogP contribution in [0.4, 0.5) is 13.2 Å². The van der Waals surface area contributed by atoms with Crippen LogP contribution in [-0.4, -0.2) is 13.1 Å². The Bertz CT molecular complexity index is 867. The molecule has 0 spiro atoms. The van der Waals surface area contributed by atoms with Crippen LogP contribution < -0.4 is 10.6 Å². The molecule has 3 rings (SSSR count). The van der Waals surface area contributed by atoms with Crippen LogP contribution in [0.15, 0.2) is 66.7 Å². The van der Waals surface area contributed by atoms with Gasteiger partial charge in [-0.05, 0) is 41.0 Å². The Balaban J connectivity index is 1.46. The zero-order valence-corrected chi connectivity index (χ0v) is 15.2. The number of fused-ring (bicyclic) bond motifs is 1. The number of hydrogen-bond acceptors (Lipinski definition) is 2. The van der Waals surface area contributed by atoms with Crippen LogP contribution in [0.3, 0.4) is 0 Å². The van der Waals surface area contributed by atoms with Crippen molar-refractivity contribution in [1.82, 2.24) is 10.6 Å². The highest BCUT2D eigenvalue weighted by Gasteiger charge is 2.29. The average Bonchev–Trinajstić information content (AvgIpc) is 2.67. The fraction of sp³-hybridized carbons (Fsp3) is 0.273. The van der Waals surface area contributed by atoms with Crippen molar-refractivity contribution in [2.75, 3.05) is 13.1 Å². The molecule has 0 aliphatic heterocycles. The molecule has 142 valence electrons. The fourth-order valence-electron chi connectivity index (χ4n) is 3.16. The van der Waals surface area contributed by atoms with Gasteiger partial charge in [0.25, 0.3) is 0 Å². The smallest absolute Gasteiger partial charge is 0.311 e. The second-order valence-corrected chi connectivity index (χ2v) is 6.62. The Hall–Kier alpha value is -2.37. The van der Waals surface area contributed by atoms with Gasteiger partial charge in [0.2, 0.25) is 0 Å². The van der Waals surface area contributed by atoms with E-state index in [2.05, 4.69) is 47.9 Å². The van der Waals surface area contributed by atoms with Gasteiger partial charge in [0, 0.05) is 25.7 Å². The minimum atomic E-state index is -4.28. The van der Waals surface area contributed by atoms with Crippen LogP contribution in [0.1, 0.15) is 29.7 Å². The third kappa shape index (κ3) is 5.08. The molecule has 0 saturated carbocycles. The van der Waals surface area contributed by atoms with Crippen molar-refractivity contribution < 1.29 is 13.2 Å². The van der Waals surface area contributed by atoms with Gasteiger partial charge in [0.15, 0.2) is 0 Å². The summed E-state index contributed by atoms with van der Waals surface area (Å²) < 4.78 is 37.7. The van der Waals surface area contributed by atoms with Crippen LogP contribution in [0.25, 0.3) is 10.8 Å². The topological polar surface area (TPSA) is 24.1 Å². The maximum Gasteiger partial charge on any atom is 0.416 e. The quantitative estimate of drug-likeness (QED) is 0.550. The van der Waals surface area contributed by atoms with Gasteiger partial charge in [-0.2, -0.15) is 13.2 Å². The molecule has 0 aliphatic rings. The lowest BCUT2D eigenvalue weighted by molar-refractivity contribution is -0.137. The van der Waals surface area contributed by atoms with Crippen LogP contribution in [0.2, 0.25) is 0 Å². The van der Waals surface area contributed by atoms with Gasteiger partial charge in [-0.15, -0.1) is 0 Å². The SMILES string of the molecule is C[C@@H](NCCNCc1ccc(C(F)(F)F)cc1)c1cccc2ccccc12. The molecule has 0 radical (unpaired) electrons. The highest BCUT2D eigenvalue weighted by atomic mass is 19.4. The van der Waals surface area contributed by atoms with Crippen molar-refractivity contribution in [3.8, 4) is 0 Å². The lowest BCUT2D eigenvalue weighted by Gasteiger charge is -2.17. The zero-order valence-electron chi connectivity index (χ0n) is 15.2. The lowest BCUT2D eigenvalue weighted by atomic mass is 10.00. The second kappa shape index (κ2) is 8.55.